The molecule has 0 radical (unpaired) electrons. The number of rotatable bonds is 5. The molecule has 1 amide bonds. The van der Waals surface area contributed by atoms with Crippen LogP contribution in [0.25, 0.3) is 0 Å². The van der Waals surface area contributed by atoms with Crippen LogP contribution in [0.2, 0.25) is 5.02 Å². The van der Waals surface area contributed by atoms with Gasteiger partial charge in [-0.05, 0) is 30.7 Å². The van der Waals surface area contributed by atoms with E-state index >= 15 is 0 Å². The minimum absolute atomic E-state index is 0.175. The molecule has 0 N–H and O–H groups in total. The molecular formula is C16H17ClN2O2. The smallest absolute Gasteiger partial charge is 0.272 e. The highest BCUT2D eigenvalue weighted by Crippen LogP contribution is 2.16. The standard InChI is InChI=1S/C16H17ClN2O2/c1-12-5-3-4-6-15(12)21-10-9-19(2)16(20)14-11-13(17)7-8-18-14/h3-8,11H,9-10H2,1-2H3. The Labute approximate surface area is 129 Å². The van der Waals surface area contributed by atoms with Gasteiger partial charge in [0.05, 0.1) is 6.54 Å². The van der Waals surface area contributed by atoms with Crippen LogP contribution in [0.15, 0.2) is 42.6 Å². The van der Waals surface area contributed by atoms with E-state index in [4.69, 9.17) is 16.3 Å². The van der Waals surface area contributed by atoms with Gasteiger partial charge in [0.2, 0.25) is 0 Å². The van der Waals surface area contributed by atoms with Crippen molar-refractivity contribution in [2.75, 3.05) is 20.2 Å². The highest BCUT2D eigenvalue weighted by Gasteiger charge is 2.13. The summed E-state index contributed by atoms with van der Waals surface area (Å²) in [5.41, 5.74) is 1.41. The monoisotopic (exact) mass is 304 g/mol. The third-order valence-electron chi connectivity index (χ3n) is 3.07. The van der Waals surface area contributed by atoms with Gasteiger partial charge < -0.3 is 9.64 Å². The highest BCUT2D eigenvalue weighted by molar-refractivity contribution is 6.30. The third kappa shape index (κ3) is 4.20. The lowest BCUT2D eigenvalue weighted by atomic mass is 10.2. The molecule has 0 unspecified atom stereocenters. The molecule has 0 aliphatic carbocycles. The van der Waals surface area contributed by atoms with Gasteiger partial charge in [-0.1, -0.05) is 29.8 Å². The number of para-hydroxylation sites is 1. The first-order chi connectivity index (χ1) is 10.1. The van der Waals surface area contributed by atoms with Gasteiger partial charge in [0, 0.05) is 18.3 Å². The van der Waals surface area contributed by atoms with Crippen molar-refractivity contribution in [2.45, 2.75) is 6.92 Å². The van der Waals surface area contributed by atoms with Crippen molar-refractivity contribution in [3.63, 3.8) is 0 Å². The topological polar surface area (TPSA) is 42.4 Å². The molecule has 5 heteroatoms. The van der Waals surface area contributed by atoms with Crippen molar-refractivity contribution in [2.24, 2.45) is 0 Å². The largest absolute Gasteiger partial charge is 0.491 e. The molecule has 0 bridgehead atoms. The normalized spacial score (nSPS) is 10.2. The Morgan fingerprint density at radius 3 is 2.81 bits per heavy atom. The number of ether oxygens (including phenoxy) is 1. The van der Waals surface area contributed by atoms with E-state index in [-0.39, 0.29) is 5.91 Å². The van der Waals surface area contributed by atoms with Crippen LogP contribution in [0, 0.1) is 6.92 Å². The van der Waals surface area contributed by atoms with Crippen molar-refractivity contribution < 1.29 is 9.53 Å². The summed E-state index contributed by atoms with van der Waals surface area (Å²) in [5, 5.41) is 0.498. The molecule has 0 aliphatic rings. The van der Waals surface area contributed by atoms with Crippen LogP contribution in [0.3, 0.4) is 0 Å². The van der Waals surface area contributed by atoms with Gasteiger partial charge in [-0.25, -0.2) is 0 Å². The Morgan fingerprint density at radius 2 is 2.10 bits per heavy atom. The SMILES string of the molecule is Cc1ccccc1OCCN(C)C(=O)c1cc(Cl)ccn1. The fourth-order valence-corrected chi connectivity index (χ4v) is 1.99. The van der Waals surface area contributed by atoms with Gasteiger partial charge in [-0.3, -0.25) is 9.78 Å². The van der Waals surface area contributed by atoms with E-state index in [2.05, 4.69) is 4.98 Å². The second-order valence-electron chi connectivity index (χ2n) is 4.70. The van der Waals surface area contributed by atoms with E-state index in [1.54, 1.807) is 24.1 Å². The number of aryl methyl sites for hydroxylation is 1. The van der Waals surface area contributed by atoms with E-state index in [9.17, 15) is 4.79 Å². The average molecular weight is 305 g/mol. The second-order valence-corrected chi connectivity index (χ2v) is 5.14. The number of likely N-dealkylation sites (N-methyl/N-ethyl adjacent to an activating group) is 1. The van der Waals surface area contributed by atoms with Gasteiger partial charge in [-0.15, -0.1) is 0 Å². The number of amides is 1. The lowest BCUT2D eigenvalue weighted by Crippen LogP contribution is -2.31. The van der Waals surface area contributed by atoms with Crippen LogP contribution in [-0.2, 0) is 0 Å². The van der Waals surface area contributed by atoms with Crippen molar-refractivity contribution in [1.82, 2.24) is 9.88 Å². The van der Waals surface area contributed by atoms with Crippen molar-refractivity contribution in [1.29, 1.82) is 0 Å². The molecule has 0 fully saturated rings. The molecule has 0 aliphatic heterocycles. The number of benzene rings is 1. The third-order valence-corrected chi connectivity index (χ3v) is 3.30. The molecule has 2 aromatic rings. The van der Waals surface area contributed by atoms with Crippen LogP contribution in [0.5, 0.6) is 5.75 Å². The number of halogens is 1. The highest BCUT2D eigenvalue weighted by atomic mass is 35.5. The summed E-state index contributed by atoms with van der Waals surface area (Å²) in [6, 6.07) is 11.0. The first-order valence-corrected chi connectivity index (χ1v) is 7.01. The molecule has 0 spiro atoms. The average Bonchev–Trinajstić information content (AvgIpc) is 2.48. The maximum absolute atomic E-state index is 12.2. The van der Waals surface area contributed by atoms with Crippen molar-refractivity contribution in [3.05, 3.63) is 58.9 Å². The number of carbonyl (C=O) groups is 1. The summed E-state index contributed by atoms with van der Waals surface area (Å²) < 4.78 is 5.68. The zero-order valence-corrected chi connectivity index (χ0v) is 12.8. The summed E-state index contributed by atoms with van der Waals surface area (Å²) in [7, 11) is 1.71. The fraction of sp³-hybridized carbons (Fsp3) is 0.250. The first kappa shape index (κ1) is 15.3. The number of pyridine rings is 1. The lowest BCUT2D eigenvalue weighted by molar-refractivity contribution is 0.0768. The summed E-state index contributed by atoms with van der Waals surface area (Å²) >= 11 is 5.86. The predicted molar refractivity (Wildman–Crippen MR) is 82.9 cm³/mol. The van der Waals surface area contributed by atoms with Gasteiger partial charge in [-0.2, -0.15) is 0 Å². The molecule has 21 heavy (non-hydrogen) atoms. The maximum Gasteiger partial charge on any atom is 0.272 e. The van der Waals surface area contributed by atoms with Crippen LogP contribution in [-0.4, -0.2) is 36.0 Å². The first-order valence-electron chi connectivity index (χ1n) is 6.63. The van der Waals surface area contributed by atoms with Crippen LogP contribution >= 0.6 is 11.6 Å². The van der Waals surface area contributed by atoms with E-state index in [0.29, 0.717) is 23.9 Å². The Hall–Kier alpha value is -2.07. The summed E-state index contributed by atoms with van der Waals surface area (Å²) in [6.07, 6.45) is 1.52. The second kappa shape index (κ2) is 7.09. The number of nitrogens with zero attached hydrogens (tertiary/aromatic N) is 2. The predicted octanol–water partition coefficient (Wildman–Crippen LogP) is 3.19. The van der Waals surface area contributed by atoms with E-state index < -0.39 is 0 Å². The Morgan fingerprint density at radius 1 is 1.33 bits per heavy atom. The van der Waals surface area contributed by atoms with Gasteiger partial charge >= 0.3 is 0 Å². The maximum atomic E-state index is 12.2. The Balaban J connectivity index is 1.89. The van der Waals surface area contributed by atoms with Gasteiger partial charge in [0.1, 0.15) is 18.1 Å². The van der Waals surface area contributed by atoms with E-state index in [0.717, 1.165) is 11.3 Å². The molecule has 1 heterocycles. The zero-order chi connectivity index (χ0) is 15.2. The quantitative estimate of drug-likeness (QED) is 0.852. The molecule has 1 aromatic heterocycles. The van der Waals surface area contributed by atoms with Crippen molar-refractivity contribution >= 4 is 17.5 Å². The molecule has 1 aromatic carbocycles. The number of hydrogen-bond donors (Lipinski definition) is 0. The molecule has 2 rings (SSSR count). The molecule has 0 atom stereocenters. The van der Waals surface area contributed by atoms with Crippen LogP contribution in [0.4, 0.5) is 0 Å². The van der Waals surface area contributed by atoms with Crippen LogP contribution in [0.1, 0.15) is 16.1 Å². The molecule has 4 nitrogen and oxygen atoms in total. The molecule has 0 saturated carbocycles. The molecular weight excluding hydrogens is 288 g/mol. The van der Waals surface area contributed by atoms with Gasteiger partial charge in [0.15, 0.2) is 0 Å². The van der Waals surface area contributed by atoms with E-state index in [1.807, 2.05) is 31.2 Å². The fourth-order valence-electron chi connectivity index (χ4n) is 1.83. The minimum atomic E-state index is -0.175. The van der Waals surface area contributed by atoms with Crippen LogP contribution < -0.4 is 4.74 Å². The molecule has 0 saturated heterocycles. The number of hydrogen-bond acceptors (Lipinski definition) is 3. The van der Waals surface area contributed by atoms with Gasteiger partial charge in [0.25, 0.3) is 5.91 Å². The Kier molecular flexibility index (Phi) is 5.17. The number of carbonyl (C=O) groups excluding carboxylic acids is 1. The summed E-state index contributed by atoms with van der Waals surface area (Å²) in [4.78, 5) is 17.7. The van der Waals surface area contributed by atoms with E-state index in [1.165, 1.54) is 6.20 Å². The van der Waals surface area contributed by atoms with Crippen molar-refractivity contribution in [3.8, 4) is 5.75 Å². The minimum Gasteiger partial charge on any atom is -0.491 e. The summed E-state index contributed by atoms with van der Waals surface area (Å²) in [5.74, 6) is 0.658. The number of aromatic nitrogens is 1. The summed E-state index contributed by atoms with van der Waals surface area (Å²) in [6.45, 7) is 2.88. The zero-order valence-electron chi connectivity index (χ0n) is 12.0. The molecule has 110 valence electrons. The lowest BCUT2D eigenvalue weighted by Gasteiger charge is -2.17. The Bertz CT molecular complexity index is 631.